The average molecular weight is 265 g/mol. The number of aromatic nitrogens is 2. The van der Waals surface area contributed by atoms with Crippen molar-refractivity contribution in [2.75, 3.05) is 0 Å². The Morgan fingerprint density at radius 2 is 2.11 bits per heavy atom. The van der Waals surface area contributed by atoms with E-state index in [0.717, 1.165) is 0 Å². The second-order valence-electron chi connectivity index (χ2n) is 3.54. The highest BCUT2D eigenvalue weighted by molar-refractivity contribution is 6.29. The third-order valence-electron chi connectivity index (χ3n) is 2.17. The van der Waals surface area contributed by atoms with Gasteiger partial charge in [0.25, 0.3) is 5.88 Å². The Hall–Kier alpha value is -2.14. The molecule has 92 valence electrons. The molecule has 1 N–H and O–H groups in total. The van der Waals surface area contributed by atoms with Crippen molar-refractivity contribution in [2.24, 2.45) is 0 Å². The van der Waals surface area contributed by atoms with Crippen LogP contribution in [-0.2, 0) is 0 Å². The van der Waals surface area contributed by atoms with Crippen LogP contribution in [-0.4, -0.2) is 21.1 Å². The van der Waals surface area contributed by atoms with Crippen molar-refractivity contribution < 1.29 is 14.6 Å². The van der Waals surface area contributed by atoms with Crippen LogP contribution in [0.2, 0.25) is 5.15 Å². The average Bonchev–Trinajstić information content (AvgIpc) is 2.33. The molecule has 0 bridgehead atoms. The van der Waals surface area contributed by atoms with E-state index in [1.165, 1.54) is 13.0 Å². The van der Waals surface area contributed by atoms with Gasteiger partial charge >= 0.3 is 0 Å². The zero-order chi connectivity index (χ0) is 13.1. The zero-order valence-electron chi connectivity index (χ0n) is 9.42. The van der Waals surface area contributed by atoms with Crippen molar-refractivity contribution in [2.45, 2.75) is 6.92 Å². The van der Waals surface area contributed by atoms with Crippen LogP contribution in [0.1, 0.15) is 17.3 Å². The largest absolute Gasteiger partial charge is 0.503 e. The summed E-state index contributed by atoms with van der Waals surface area (Å²) in [4.78, 5) is 11.2. The Kier molecular flexibility index (Phi) is 3.43. The summed E-state index contributed by atoms with van der Waals surface area (Å²) >= 11 is 5.55. The van der Waals surface area contributed by atoms with Crippen LogP contribution in [0.3, 0.4) is 0 Å². The van der Waals surface area contributed by atoms with E-state index in [2.05, 4.69) is 10.2 Å². The maximum Gasteiger partial charge on any atom is 0.281 e. The van der Waals surface area contributed by atoms with Gasteiger partial charge in [-0.2, -0.15) is 0 Å². The summed E-state index contributed by atoms with van der Waals surface area (Å²) in [5.41, 5.74) is 0.508. The lowest BCUT2D eigenvalue weighted by Crippen LogP contribution is -1.94. The number of carbonyl (C=O) groups excluding carboxylic acids is 1. The van der Waals surface area contributed by atoms with Gasteiger partial charge in [0.05, 0.1) is 0 Å². The second kappa shape index (κ2) is 5.01. The molecule has 0 aliphatic heterocycles. The maximum atomic E-state index is 11.2. The molecular formula is C12H9ClN2O3. The number of benzene rings is 1. The number of ether oxygens (including phenoxy) is 1. The van der Waals surface area contributed by atoms with Gasteiger partial charge < -0.3 is 9.84 Å². The lowest BCUT2D eigenvalue weighted by atomic mass is 10.1. The number of ketones is 1. The van der Waals surface area contributed by atoms with E-state index in [-0.39, 0.29) is 22.6 Å². The van der Waals surface area contributed by atoms with Gasteiger partial charge in [0.15, 0.2) is 16.7 Å². The van der Waals surface area contributed by atoms with Crippen LogP contribution in [0.15, 0.2) is 30.3 Å². The number of carbonyl (C=O) groups is 1. The van der Waals surface area contributed by atoms with Gasteiger partial charge in [-0.3, -0.25) is 4.79 Å². The summed E-state index contributed by atoms with van der Waals surface area (Å²) in [6, 6.07) is 7.76. The Morgan fingerprint density at radius 1 is 1.33 bits per heavy atom. The summed E-state index contributed by atoms with van der Waals surface area (Å²) < 4.78 is 5.32. The number of halogens is 1. The summed E-state index contributed by atoms with van der Waals surface area (Å²) in [7, 11) is 0. The summed E-state index contributed by atoms with van der Waals surface area (Å²) in [6.07, 6.45) is 0. The molecule has 5 nitrogen and oxygen atoms in total. The van der Waals surface area contributed by atoms with E-state index in [1.54, 1.807) is 24.3 Å². The van der Waals surface area contributed by atoms with Gasteiger partial charge in [0.1, 0.15) is 5.75 Å². The number of nitrogens with zero attached hydrogens (tertiary/aromatic N) is 2. The molecule has 1 aromatic carbocycles. The summed E-state index contributed by atoms with van der Waals surface area (Å²) in [6.45, 7) is 1.46. The van der Waals surface area contributed by atoms with Crippen molar-refractivity contribution in [1.29, 1.82) is 0 Å². The van der Waals surface area contributed by atoms with Crippen LogP contribution in [0.25, 0.3) is 0 Å². The fourth-order valence-corrected chi connectivity index (χ4v) is 1.45. The quantitative estimate of drug-likeness (QED) is 0.863. The van der Waals surface area contributed by atoms with Crippen molar-refractivity contribution in [1.82, 2.24) is 10.2 Å². The predicted molar refractivity (Wildman–Crippen MR) is 65.2 cm³/mol. The Labute approximate surface area is 108 Å². The molecule has 0 aliphatic carbocycles. The Morgan fingerprint density at radius 3 is 2.78 bits per heavy atom. The third kappa shape index (κ3) is 2.75. The molecule has 1 heterocycles. The first-order valence-electron chi connectivity index (χ1n) is 5.07. The molecule has 0 atom stereocenters. The van der Waals surface area contributed by atoms with Crippen molar-refractivity contribution in [3.63, 3.8) is 0 Å². The minimum Gasteiger partial charge on any atom is -0.503 e. The summed E-state index contributed by atoms with van der Waals surface area (Å²) in [5.74, 6) is 0.0183. The van der Waals surface area contributed by atoms with Gasteiger partial charge in [-0.25, -0.2) is 0 Å². The number of rotatable bonds is 3. The van der Waals surface area contributed by atoms with Crippen LogP contribution in [0.5, 0.6) is 17.4 Å². The Balaban J connectivity index is 2.28. The number of hydrogen-bond donors (Lipinski definition) is 1. The van der Waals surface area contributed by atoms with E-state index in [1.807, 2.05) is 0 Å². The fourth-order valence-electron chi connectivity index (χ4n) is 1.31. The molecular weight excluding hydrogens is 256 g/mol. The summed E-state index contributed by atoms with van der Waals surface area (Å²) in [5, 5.41) is 16.8. The molecule has 0 saturated carbocycles. The zero-order valence-corrected chi connectivity index (χ0v) is 10.2. The lowest BCUT2D eigenvalue weighted by Gasteiger charge is -2.06. The van der Waals surface area contributed by atoms with Crippen LogP contribution >= 0.6 is 11.6 Å². The van der Waals surface area contributed by atoms with Gasteiger partial charge in [0, 0.05) is 11.6 Å². The maximum absolute atomic E-state index is 11.2. The number of aromatic hydroxyl groups is 1. The molecule has 6 heteroatoms. The fraction of sp³-hybridized carbons (Fsp3) is 0.0833. The van der Waals surface area contributed by atoms with Crippen LogP contribution in [0.4, 0.5) is 0 Å². The number of Topliss-reactive ketones (excluding diaryl/α,β-unsaturated/α-hetero) is 1. The smallest absolute Gasteiger partial charge is 0.281 e. The highest BCUT2D eigenvalue weighted by Gasteiger charge is 2.08. The van der Waals surface area contributed by atoms with Gasteiger partial charge in [-0.15, -0.1) is 10.2 Å². The molecule has 18 heavy (non-hydrogen) atoms. The minimum absolute atomic E-state index is 0.0670. The molecule has 0 aliphatic rings. The molecule has 0 fully saturated rings. The van der Waals surface area contributed by atoms with Crippen molar-refractivity contribution >= 4 is 17.4 Å². The van der Waals surface area contributed by atoms with Gasteiger partial charge in [0.2, 0.25) is 0 Å². The predicted octanol–water partition coefficient (Wildman–Crippen LogP) is 2.83. The monoisotopic (exact) mass is 264 g/mol. The van der Waals surface area contributed by atoms with Crippen molar-refractivity contribution in [3.8, 4) is 17.4 Å². The van der Waals surface area contributed by atoms with Gasteiger partial charge in [-0.05, 0) is 19.1 Å². The first-order chi connectivity index (χ1) is 8.56. The highest BCUT2D eigenvalue weighted by atomic mass is 35.5. The van der Waals surface area contributed by atoms with Crippen LogP contribution < -0.4 is 4.74 Å². The molecule has 0 spiro atoms. The normalized spacial score (nSPS) is 10.1. The molecule has 0 amide bonds. The minimum atomic E-state index is -0.219. The molecule has 0 radical (unpaired) electrons. The topological polar surface area (TPSA) is 72.3 Å². The standard InChI is InChI=1S/C12H9ClN2O3/c1-7(16)8-3-2-4-9(5-8)18-12-10(17)6-11(13)14-15-12/h2-6H,1H3,(H,14,17). The first kappa shape index (κ1) is 12.3. The lowest BCUT2D eigenvalue weighted by molar-refractivity contribution is 0.101. The molecule has 1 aromatic heterocycles. The molecule has 2 rings (SSSR count). The highest BCUT2D eigenvalue weighted by Crippen LogP contribution is 2.29. The third-order valence-corrected chi connectivity index (χ3v) is 2.35. The van der Waals surface area contributed by atoms with E-state index < -0.39 is 0 Å². The van der Waals surface area contributed by atoms with E-state index in [0.29, 0.717) is 11.3 Å². The van der Waals surface area contributed by atoms with E-state index in [4.69, 9.17) is 16.3 Å². The Bertz CT molecular complexity index is 602. The first-order valence-corrected chi connectivity index (χ1v) is 5.45. The molecule has 0 unspecified atom stereocenters. The van der Waals surface area contributed by atoms with Gasteiger partial charge in [-0.1, -0.05) is 23.7 Å². The van der Waals surface area contributed by atoms with E-state index >= 15 is 0 Å². The number of hydrogen-bond acceptors (Lipinski definition) is 5. The second-order valence-corrected chi connectivity index (χ2v) is 3.93. The molecule has 2 aromatic rings. The molecule has 0 saturated heterocycles. The SMILES string of the molecule is CC(=O)c1cccc(Oc2nnc(Cl)cc2O)c1. The van der Waals surface area contributed by atoms with E-state index in [9.17, 15) is 9.90 Å². The van der Waals surface area contributed by atoms with Crippen molar-refractivity contribution in [3.05, 3.63) is 41.0 Å². The van der Waals surface area contributed by atoms with Crippen LogP contribution in [0, 0.1) is 0 Å².